The summed E-state index contributed by atoms with van der Waals surface area (Å²) in [6.07, 6.45) is 1.18. The van der Waals surface area contributed by atoms with Crippen molar-refractivity contribution in [1.82, 2.24) is 10.4 Å². The third-order valence-electron chi connectivity index (χ3n) is 3.21. The maximum absolute atomic E-state index is 13.0. The SMILES string of the molecule is COc1cc(C)cc(C)c1C(NN)c1ccc(F)cn1. The number of hydrazine groups is 1. The molecule has 20 heavy (non-hydrogen) atoms. The van der Waals surface area contributed by atoms with Crippen LogP contribution in [0.15, 0.2) is 30.5 Å². The zero-order valence-corrected chi connectivity index (χ0v) is 11.8. The molecular formula is C15H18FN3O. The molecule has 106 valence electrons. The number of aromatic nitrogens is 1. The highest BCUT2D eigenvalue weighted by molar-refractivity contribution is 5.47. The predicted octanol–water partition coefficient (Wildman–Crippen LogP) is 2.40. The topological polar surface area (TPSA) is 60.2 Å². The van der Waals surface area contributed by atoms with Gasteiger partial charge in [-0.1, -0.05) is 6.07 Å². The first-order chi connectivity index (χ1) is 9.56. The summed E-state index contributed by atoms with van der Waals surface area (Å²) in [5.41, 5.74) is 6.41. The summed E-state index contributed by atoms with van der Waals surface area (Å²) in [6.45, 7) is 3.99. The molecule has 0 radical (unpaired) electrons. The maximum Gasteiger partial charge on any atom is 0.141 e. The molecule has 0 saturated carbocycles. The second-order valence-electron chi connectivity index (χ2n) is 4.70. The first kappa shape index (κ1) is 14.4. The number of nitrogens with zero attached hydrogens (tertiary/aromatic N) is 1. The average molecular weight is 275 g/mol. The van der Waals surface area contributed by atoms with Gasteiger partial charge in [0.25, 0.3) is 0 Å². The summed E-state index contributed by atoms with van der Waals surface area (Å²) in [7, 11) is 1.61. The third kappa shape index (κ3) is 2.79. The van der Waals surface area contributed by atoms with Gasteiger partial charge in [-0.15, -0.1) is 0 Å². The number of aryl methyl sites for hydroxylation is 2. The number of halogens is 1. The highest BCUT2D eigenvalue weighted by Crippen LogP contribution is 2.32. The van der Waals surface area contributed by atoms with Gasteiger partial charge in [0.15, 0.2) is 0 Å². The smallest absolute Gasteiger partial charge is 0.141 e. The lowest BCUT2D eigenvalue weighted by Crippen LogP contribution is -2.30. The van der Waals surface area contributed by atoms with Gasteiger partial charge < -0.3 is 4.74 Å². The van der Waals surface area contributed by atoms with Crippen molar-refractivity contribution >= 4 is 0 Å². The Hall–Kier alpha value is -1.98. The fourth-order valence-electron chi connectivity index (χ4n) is 2.35. The summed E-state index contributed by atoms with van der Waals surface area (Å²) >= 11 is 0. The zero-order chi connectivity index (χ0) is 14.7. The molecule has 0 spiro atoms. The molecule has 1 aromatic heterocycles. The van der Waals surface area contributed by atoms with E-state index in [4.69, 9.17) is 10.6 Å². The van der Waals surface area contributed by atoms with E-state index in [1.807, 2.05) is 26.0 Å². The highest BCUT2D eigenvalue weighted by Gasteiger charge is 2.21. The van der Waals surface area contributed by atoms with Gasteiger partial charge in [-0.25, -0.2) is 9.82 Å². The second-order valence-corrected chi connectivity index (χ2v) is 4.70. The van der Waals surface area contributed by atoms with Crippen molar-refractivity contribution in [1.29, 1.82) is 0 Å². The van der Waals surface area contributed by atoms with Crippen molar-refractivity contribution in [3.05, 3.63) is 58.7 Å². The van der Waals surface area contributed by atoms with Gasteiger partial charge >= 0.3 is 0 Å². The fraction of sp³-hybridized carbons (Fsp3) is 0.267. The van der Waals surface area contributed by atoms with Crippen LogP contribution in [0.3, 0.4) is 0 Å². The van der Waals surface area contributed by atoms with Crippen molar-refractivity contribution in [2.24, 2.45) is 5.84 Å². The molecule has 0 aliphatic carbocycles. The highest BCUT2D eigenvalue weighted by atomic mass is 19.1. The van der Waals surface area contributed by atoms with Crippen LogP contribution in [0.4, 0.5) is 4.39 Å². The van der Waals surface area contributed by atoms with Crippen molar-refractivity contribution in [2.45, 2.75) is 19.9 Å². The van der Waals surface area contributed by atoms with Gasteiger partial charge in [0, 0.05) is 5.56 Å². The lowest BCUT2D eigenvalue weighted by atomic mass is 9.96. The minimum Gasteiger partial charge on any atom is -0.496 e. The first-order valence-corrected chi connectivity index (χ1v) is 6.29. The summed E-state index contributed by atoms with van der Waals surface area (Å²) < 4.78 is 18.4. The Morgan fingerprint density at radius 3 is 2.60 bits per heavy atom. The van der Waals surface area contributed by atoms with Gasteiger partial charge in [0.1, 0.15) is 11.6 Å². The Kier molecular flexibility index (Phi) is 4.32. The van der Waals surface area contributed by atoms with E-state index in [2.05, 4.69) is 10.4 Å². The number of rotatable bonds is 4. The number of hydrogen-bond donors (Lipinski definition) is 2. The van der Waals surface area contributed by atoms with Crippen LogP contribution in [0, 0.1) is 19.7 Å². The van der Waals surface area contributed by atoms with Crippen LogP contribution in [-0.2, 0) is 0 Å². The fourth-order valence-corrected chi connectivity index (χ4v) is 2.35. The molecule has 5 heteroatoms. The summed E-state index contributed by atoms with van der Waals surface area (Å²) in [4.78, 5) is 4.09. The number of methoxy groups -OCH3 is 1. The van der Waals surface area contributed by atoms with E-state index in [-0.39, 0.29) is 11.9 Å². The predicted molar refractivity (Wildman–Crippen MR) is 75.8 cm³/mol. The quantitative estimate of drug-likeness (QED) is 0.664. The lowest BCUT2D eigenvalue weighted by Gasteiger charge is -2.21. The van der Waals surface area contributed by atoms with Crippen molar-refractivity contribution < 1.29 is 9.13 Å². The number of hydrogen-bond acceptors (Lipinski definition) is 4. The second kappa shape index (κ2) is 5.98. The van der Waals surface area contributed by atoms with E-state index in [1.54, 1.807) is 13.2 Å². The van der Waals surface area contributed by atoms with Crippen LogP contribution >= 0.6 is 0 Å². The average Bonchev–Trinajstić information content (AvgIpc) is 2.43. The molecule has 0 fully saturated rings. The van der Waals surface area contributed by atoms with Crippen molar-refractivity contribution in [3.63, 3.8) is 0 Å². The molecule has 2 rings (SSSR count). The number of benzene rings is 1. The van der Waals surface area contributed by atoms with Crippen LogP contribution in [0.25, 0.3) is 0 Å². The molecule has 1 heterocycles. The van der Waals surface area contributed by atoms with E-state index in [0.29, 0.717) is 5.69 Å². The minimum absolute atomic E-state index is 0.355. The summed E-state index contributed by atoms with van der Waals surface area (Å²) in [6, 6.07) is 6.61. The molecule has 0 bridgehead atoms. The monoisotopic (exact) mass is 275 g/mol. The van der Waals surface area contributed by atoms with Crippen molar-refractivity contribution in [3.8, 4) is 5.75 Å². The Labute approximate surface area is 117 Å². The van der Waals surface area contributed by atoms with Gasteiger partial charge in [-0.05, 0) is 43.2 Å². The van der Waals surface area contributed by atoms with E-state index >= 15 is 0 Å². The normalized spacial score (nSPS) is 12.2. The van der Waals surface area contributed by atoms with Crippen molar-refractivity contribution in [2.75, 3.05) is 7.11 Å². The molecule has 1 unspecified atom stereocenters. The zero-order valence-electron chi connectivity index (χ0n) is 11.8. The molecule has 1 atom stereocenters. The Balaban J connectivity index is 2.54. The number of ether oxygens (including phenoxy) is 1. The number of nitrogens with one attached hydrogen (secondary N) is 1. The van der Waals surface area contributed by atoms with Gasteiger partial charge in [0.05, 0.1) is 25.0 Å². The number of nitrogens with two attached hydrogens (primary N) is 1. The van der Waals surface area contributed by atoms with E-state index in [1.165, 1.54) is 12.3 Å². The van der Waals surface area contributed by atoms with Gasteiger partial charge in [-0.3, -0.25) is 10.8 Å². The van der Waals surface area contributed by atoms with Gasteiger partial charge in [0.2, 0.25) is 0 Å². The van der Waals surface area contributed by atoms with E-state index in [9.17, 15) is 4.39 Å². The van der Waals surface area contributed by atoms with E-state index in [0.717, 1.165) is 22.4 Å². The molecule has 1 aromatic carbocycles. The molecule has 4 nitrogen and oxygen atoms in total. The summed E-state index contributed by atoms with van der Waals surface area (Å²) in [5.74, 6) is 6.02. The molecule has 0 aliphatic heterocycles. The molecular weight excluding hydrogens is 257 g/mol. The molecule has 3 N–H and O–H groups in total. The Morgan fingerprint density at radius 1 is 1.30 bits per heavy atom. The maximum atomic E-state index is 13.0. The van der Waals surface area contributed by atoms with Gasteiger partial charge in [-0.2, -0.15) is 0 Å². The minimum atomic E-state index is -0.378. The molecule has 2 aromatic rings. The van der Waals surface area contributed by atoms with Crippen LogP contribution in [0.1, 0.15) is 28.4 Å². The van der Waals surface area contributed by atoms with Crippen LogP contribution < -0.4 is 16.0 Å². The molecule has 0 amide bonds. The van der Waals surface area contributed by atoms with Crippen LogP contribution in [-0.4, -0.2) is 12.1 Å². The Bertz CT molecular complexity index is 599. The Morgan fingerprint density at radius 2 is 2.05 bits per heavy atom. The third-order valence-corrected chi connectivity index (χ3v) is 3.21. The first-order valence-electron chi connectivity index (χ1n) is 6.29. The standard InChI is InChI=1S/C15H18FN3O/c1-9-6-10(2)14(13(7-9)20-3)15(19-17)12-5-4-11(16)8-18-12/h4-8,15,19H,17H2,1-3H3. The lowest BCUT2D eigenvalue weighted by molar-refractivity contribution is 0.402. The number of pyridine rings is 1. The van der Waals surface area contributed by atoms with Crippen LogP contribution in [0.2, 0.25) is 0 Å². The molecule has 0 aliphatic rings. The molecule has 0 saturated heterocycles. The van der Waals surface area contributed by atoms with E-state index < -0.39 is 0 Å². The largest absolute Gasteiger partial charge is 0.496 e. The van der Waals surface area contributed by atoms with Crippen LogP contribution in [0.5, 0.6) is 5.75 Å². The summed E-state index contributed by atoms with van der Waals surface area (Å²) in [5, 5.41) is 0.